The highest BCUT2D eigenvalue weighted by Gasteiger charge is 2.54. The van der Waals surface area contributed by atoms with Gasteiger partial charge in [-0.15, -0.1) is 6.58 Å². The first-order chi connectivity index (χ1) is 13.1. The first kappa shape index (κ1) is 19.9. The number of ether oxygens (including phenoxy) is 1. The average Bonchev–Trinajstić information content (AvgIpc) is 2.85. The number of imide groups is 1. The molecule has 0 aliphatic carbocycles. The van der Waals surface area contributed by atoms with Crippen LogP contribution in [0.2, 0.25) is 0 Å². The van der Waals surface area contributed by atoms with Crippen LogP contribution in [0.25, 0.3) is 0 Å². The van der Waals surface area contributed by atoms with Crippen molar-refractivity contribution < 1.29 is 14.3 Å². The lowest BCUT2D eigenvalue weighted by Crippen LogP contribution is -2.46. The van der Waals surface area contributed by atoms with Gasteiger partial charge in [0.2, 0.25) is 0 Å². The lowest BCUT2D eigenvalue weighted by atomic mass is 9.71. The number of carbonyl (C=O) groups excluding carboxylic acids is 2. The number of aryl methyl sites for hydroxylation is 2. The highest BCUT2D eigenvalue weighted by Crippen LogP contribution is 2.49. The van der Waals surface area contributed by atoms with Crippen molar-refractivity contribution in [3.63, 3.8) is 0 Å². The van der Waals surface area contributed by atoms with E-state index in [2.05, 4.69) is 6.58 Å². The number of hydrogen-bond acceptors (Lipinski definition) is 3. The molecule has 0 bridgehead atoms. The summed E-state index contributed by atoms with van der Waals surface area (Å²) in [6, 6.07) is 13.5. The number of para-hydroxylation sites is 1. The van der Waals surface area contributed by atoms with Crippen molar-refractivity contribution in [3.8, 4) is 0 Å². The fourth-order valence-electron chi connectivity index (χ4n) is 3.91. The first-order valence-electron chi connectivity index (χ1n) is 9.47. The SMILES string of the molecule is C=CCC1(c2cc(C)ccc2C)C(=O)N(C(=O)OC(C)(C)C)c2ccccc21. The fraction of sp³-hybridized carbons (Fsp3) is 0.333. The first-order valence-corrected chi connectivity index (χ1v) is 9.47. The summed E-state index contributed by atoms with van der Waals surface area (Å²) < 4.78 is 5.55. The van der Waals surface area contributed by atoms with Crippen molar-refractivity contribution in [2.75, 3.05) is 4.90 Å². The van der Waals surface area contributed by atoms with Crippen LogP contribution in [-0.4, -0.2) is 17.6 Å². The van der Waals surface area contributed by atoms with E-state index in [4.69, 9.17) is 4.74 Å². The third-order valence-electron chi connectivity index (χ3n) is 5.05. The Morgan fingerprint density at radius 1 is 1.14 bits per heavy atom. The highest BCUT2D eigenvalue weighted by atomic mass is 16.6. The number of nitrogens with zero attached hydrogens (tertiary/aromatic N) is 1. The Kier molecular flexibility index (Phi) is 4.92. The van der Waals surface area contributed by atoms with Gasteiger partial charge < -0.3 is 4.74 Å². The number of allylic oxidation sites excluding steroid dienone is 1. The maximum Gasteiger partial charge on any atom is 0.421 e. The lowest BCUT2D eigenvalue weighted by Gasteiger charge is -2.30. The minimum Gasteiger partial charge on any atom is -0.443 e. The Labute approximate surface area is 166 Å². The van der Waals surface area contributed by atoms with Gasteiger partial charge in [0.05, 0.1) is 5.69 Å². The summed E-state index contributed by atoms with van der Waals surface area (Å²) in [7, 11) is 0. The van der Waals surface area contributed by atoms with E-state index < -0.39 is 17.1 Å². The van der Waals surface area contributed by atoms with Crippen LogP contribution in [-0.2, 0) is 14.9 Å². The van der Waals surface area contributed by atoms with E-state index in [9.17, 15) is 9.59 Å². The van der Waals surface area contributed by atoms with Crippen LogP contribution >= 0.6 is 0 Å². The summed E-state index contributed by atoms with van der Waals surface area (Å²) in [6.45, 7) is 13.3. The predicted octanol–water partition coefficient (Wildman–Crippen LogP) is 5.45. The maximum absolute atomic E-state index is 13.8. The molecular formula is C24H27NO3. The van der Waals surface area contributed by atoms with Crippen LogP contribution < -0.4 is 4.90 Å². The molecule has 0 saturated carbocycles. The molecule has 146 valence electrons. The predicted molar refractivity (Wildman–Crippen MR) is 112 cm³/mol. The molecule has 2 aromatic carbocycles. The molecule has 2 aromatic rings. The van der Waals surface area contributed by atoms with Crippen molar-refractivity contribution in [3.05, 3.63) is 77.4 Å². The highest BCUT2D eigenvalue weighted by molar-refractivity contribution is 6.22. The van der Waals surface area contributed by atoms with E-state index in [0.717, 1.165) is 22.3 Å². The van der Waals surface area contributed by atoms with Gasteiger partial charge in [-0.1, -0.05) is 48.0 Å². The molecule has 1 unspecified atom stereocenters. The molecular weight excluding hydrogens is 350 g/mol. The summed E-state index contributed by atoms with van der Waals surface area (Å²) in [5, 5.41) is 0. The van der Waals surface area contributed by atoms with Crippen molar-refractivity contribution >= 4 is 17.7 Å². The van der Waals surface area contributed by atoms with Gasteiger partial charge >= 0.3 is 6.09 Å². The van der Waals surface area contributed by atoms with Gasteiger partial charge in [0.25, 0.3) is 5.91 Å². The standard InChI is InChI=1S/C24H27NO3/c1-7-14-24(19-15-16(2)12-13-17(19)3)18-10-8-9-11-20(18)25(21(24)26)22(27)28-23(4,5)6/h7-13,15H,1,14H2,2-6H3. The summed E-state index contributed by atoms with van der Waals surface area (Å²) in [6.07, 6.45) is 1.49. The number of rotatable bonds is 3. The lowest BCUT2D eigenvalue weighted by molar-refractivity contribution is -0.121. The van der Waals surface area contributed by atoms with Crippen molar-refractivity contribution in [1.82, 2.24) is 0 Å². The number of benzene rings is 2. The number of fused-ring (bicyclic) bond motifs is 1. The van der Waals surface area contributed by atoms with Gasteiger partial charge in [-0.2, -0.15) is 0 Å². The minimum atomic E-state index is -0.995. The Morgan fingerprint density at radius 2 is 1.82 bits per heavy atom. The second-order valence-corrected chi connectivity index (χ2v) is 8.35. The molecule has 0 spiro atoms. The third-order valence-corrected chi connectivity index (χ3v) is 5.05. The Hall–Kier alpha value is -2.88. The van der Waals surface area contributed by atoms with Crippen LogP contribution in [0.5, 0.6) is 0 Å². The van der Waals surface area contributed by atoms with Gasteiger partial charge in [0.15, 0.2) is 0 Å². The van der Waals surface area contributed by atoms with Crippen molar-refractivity contribution in [1.29, 1.82) is 0 Å². The summed E-state index contributed by atoms with van der Waals surface area (Å²) in [4.78, 5) is 28.0. The van der Waals surface area contributed by atoms with Gasteiger partial charge in [-0.25, -0.2) is 9.69 Å². The van der Waals surface area contributed by atoms with Gasteiger partial charge in [0.1, 0.15) is 11.0 Å². The maximum atomic E-state index is 13.8. The molecule has 1 aliphatic rings. The van der Waals surface area contributed by atoms with Crippen molar-refractivity contribution in [2.24, 2.45) is 0 Å². The molecule has 0 fully saturated rings. The molecule has 4 nitrogen and oxygen atoms in total. The number of carbonyl (C=O) groups is 2. The number of hydrogen-bond donors (Lipinski definition) is 0. The van der Waals surface area contributed by atoms with Gasteiger partial charge in [-0.3, -0.25) is 4.79 Å². The topological polar surface area (TPSA) is 46.6 Å². The van der Waals surface area contributed by atoms with E-state index in [1.165, 1.54) is 4.90 Å². The largest absolute Gasteiger partial charge is 0.443 e. The molecule has 28 heavy (non-hydrogen) atoms. The quantitative estimate of drug-likeness (QED) is 0.669. The molecule has 1 heterocycles. The smallest absolute Gasteiger partial charge is 0.421 e. The molecule has 0 saturated heterocycles. The summed E-state index contributed by atoms with van der Waals surface area (Å²) in [5.74, 6) is -0.295. The average molecular weight is 377 g/mol. The van der Waals surface area contributed by atoms with Crippen LogP contribution in [0.1, 0.15) is 49.4 Å². The molecule has 4 heteroatoms. The number of amides is 2. The third kappa shape index (κ3) is 3.13. The Balaban J connectivity index is 2.27. The Bertz CT molecular complexity index is 955. The molecule has 0 aromatic heterocycles. The van der Waals surface area contributed by atoms with Crippen molar-refractivity contribution in [2.45, 2.75) is 52.1 Å². The number of anilines is 1. The van der Waals surface area contributed by atoms with E-state index >= 15 is 0 Å². The van der Waals surface area contributed by atoms with E-state index in [1.54, 1.807) is 32.9 Å². The molecule has 0 N–H and O–H groups in total. The van der Waals surface area contributed by atoms with Gasteiger partial charge in [-0.05, 0) is 63.8 Å². The van der Waals surface area contributed by atoms with E-state index in [-0.39, 0.29) is 5.91 Å². The summed E-state index contributed by atoms with van der Waals surface area (Å²) in [5.41, 5.74) is 2.65. The van der Waals surface area contributed by atoms with Gasteiger partial charge in [0, 0.05) is 0 Å². The van der Waals surface area contributed by atoms with Crippen LogP contribution in [0.3, 0.4) is 0 Å². The zero-order valence-electron chi connectivity index (χ0n) is 17.2. The van der Waals surface area contributed by atoms with E-state index in [0.29, 0.717) is 12.1 Å². The fourth-order valence-corrected chi connectivity index (χ4v) is 3.91. The Morgan fingerprint density at radius 3 is 2.46 bits per heavy atom. The van der Waals surface area contributed by atoms with Crippen LogP contribution in [0.15, 0.2) is 55.1 Å². The molecule has 3 rings (SSSR count). The molecule has 1 aliphatic heterocycles. The normalized spacial score (nSPS) is 18.8. The summed E-state index contributed by atoms with van der Waals surface area (Å²) >= 11 is 0. The van der Waals surface area contributed by atoms with Crippen LogP contribution in [0.4, 0.5) is 10.5 Å². The zero-order chi connectivity index (χ0) is 20.7. The second-order valence-electron chi connectivity index (χ2n) is 8.35. The molecule has 1 atom stereocenters. The molecule has 0 radical (unpaired) electrons. The second kappa shape index (κ2) is 6.93. The van der Waals surface area contributed by atoms with E-state index in [1.807, 2.05) is 50.2 Å². The minimum absolute atomic E-state index is 0.295. The monoisotopic (exact) mass is 377 g/mol. The van der Waals surface area contributed by atoms with Crippen LogP contribution in [0, 0.1) is 13.8 Å². The molecule has 2 amide bonds. The zero-order valence-corrected chi connectivity index (χ0v) is 17.2.